The van der Waals surface area contributed by atoms with Gasteiger partial charge in [-0.05, 0) is 116 Å². The van der Waals surface area contributed by atoms with Gasteiger partial charge in [0.25, 0.3) is 0 Å². The van der Waals surface area contributed by atoms with Gasteiger partial charge in [-0.25, -0.2) is 0 Å². The zero-order valence-corrected chi connectivity index (χ0v) is 24.6. The summed E-state index contributed by atoms with van der Waals surface area (Å²) in [6, 6.07) is 0.520. The SMILES string of the molecule is CC(C)NCCN=C1CC[C@]2(C)C3CC[C@@]4(C)C(CC[C@@H]4[C@H](C)CC[C@@H](O)C(C)C)C3[C@H](O)C[C@H]2C1. The smallest absolute Gasteiger partial charge is 0.0577 e. The molecule has 3 unspecified atom stereocenters. The Balaban J connectivity index is 1.42. The van der Waals surface area contributed by atoms with Crippen LogP contribution in [-0.4, -0.2) is 47.3 Å². The summed E-state index contributed by atoms with van der Waals surface area (Å²) in [4.78, 5) is 5.00. The van der Waals surface area contributed by atoms with Crippen LogP contribution in [0.1, 0.15) is 113 Å². The minimum absolute atomic E-state index is 0.142. The third-order valence-electron chi connectivity index (χ3n) is 12.0. The second-order valence-corrected chi connectivity index (χ2v) is 14.7. The van der Waals surface area contributed by atoms with Crippen molar-refractivity contribution in [3.05, 3.63) is 0 Å². The van der Waals surface area contributed by atoms with Crippen LogP contribution in [0.2, 0.25) is 0 Å². The molecule has 0 aromatic rings. The molecule has 4 aliphatic carbocycles. The Bertz CT molecular complexity index is 765. The molecule has 10 atom stereocenters. The maximum atomic E-state index is 11.7. The van der Waals surface area contributed by atoms with Gasteiger partial charge in [0.05, 0.1) is 18.8 Å². The number of rotatable bonds is 9. The molecule has 0 aliphatic heterocycles. The van der Waals surface area contributed by atoms with E-state index in [0.717, 1.165) is 51.1 Å². The number of fused-ring (bicyclic) bond motifs is 5. The van der Waals surface area contributed by atoms with Gasteiger partial charge in [-0.3, -0.25) is 4.99 Å². The number of aliphatic imine (C=N–C) groups is 1. The van der Waals surface area contributed by atoms with Crippen LogP contribution < -0.4 is 5.32 Å². The Morgan fingerprint density at radius 2 is 1.69 bits per heavy atom. The van der Waals surface area contributed by atoms with Gasteiger partial charge in [0.15, 0.2) is 0 Å². The molecule has 0 aromatic carbocycles. The Morgan fingerprint density at radius 1 is 0.972 bits per heavy atom. The summed E-state index contributed by atoms with van der Waals surface area (Å²) in [5.74, 6) is 4.17. The molecule has 208 valence electrons. The van der Waals surface area contributed by atoms with Crippen molar-refractivity contribution in [3.63, 3.8) is 0 Å². The molecule has 0 amide bonds. The van der Waals surface area contributed by atoms with E-state index < -0.39 is 0 Å². The van der Waals surface area contributed by atoms with Crippen LogP contribution in [0.4, 0.5) is 0 Å². The summed E-state index contributed by atoms with van der Waals surface area (Å²) in [5, 5.41) is 25.5. The van der Waals surface area contributed by atoms with Crippen LogP contribution in [0.15, 0.2) is 4.99 Å². The molecule has 0 spiro atoms. The number of nitrogens with one attached hydrogen (secondary N) is 1. The highest BCUT2D eigenvalue weighted by molar-refractivity contribution is 5.85. The summed E-state index contributed by atoms with van der Waals surface area (Å²) < 4.78 is 0. The Kier molecular flexibility index (Phi) is 9.00. The fourth-order valence-corrected chi connectivity index (χ4v) is 9.68. The average molecular weight is 503 g/mol. The van der Waals surface area contributed by atoms with Crippen LogP contribution >= 0.6 is 0 Å². The lowest BCUT2D eigenvalue weighted by atomic mass is 9.43. The summed E-state index contributed by atoms with van der Waals surface area (Å²) in [7, 11) is 0. The van der Waals surface area contributed by atoms with Gasteiger partial charge in [0.1, 0.15) is 0 Å². The van der Waals surface area contributed by atoms with E-state index in [0.29, 0.717) is 52.4 Å². The molecule has 0 heterocycles. The van der Waals surface area contributed by atoms with Gasteiger partial charge in [-0.2, -0.15) is 0 Å². The molecule has 4 saturated carbocycles. The molecule has 0 saturated heterocycles. The lowest BCUT2D eigenvalue weighted by molar-refractivity contribution is -0.157. The zero-order chi connectivity index (χ0) is 26.3. The summed E-state index contributed by atoms with van der Waals surface area (Å²) >= 11 is 0. The van der Waals surface area contributed by atoms with E-state index in [1.807, 2.05) is 0 Å². The van der Waals surface area contributed by atoms with Crippen molar-refractivity contribution in [2.24, 2.45) is 57.2 Å². The van der Waals surface area contributed by atoms with Gasteiger partial charge < -0.3 is 15.5 Å². The fourth-order valence-electron chi connectivity index (χ4n) is 9.68. The first-order valence-electron chi connectivity index (χ1n) is 15.6. The summed E-state index contributed by atoms with van der Waals surface area (Å²) in [5.41, 5.74) is 2.14. The molecular formula is C32H58N2O2. The van der Waals surface area contributed by atoms with Crippen molar-refractivity contribution in [2.45, 2.75) is 131 Å². The van der Waals surface area contributed by atoms with Crippen molar-refractivity contribution in [1.82, 2.24) is 5.32 Å². The molecule has 0 radical (unpaired) electrons. The van der Waals surface area contributed by atoms with Crippen LogP contribution in [-0.2, 0) is 0 Å². The van der Waals surface area contributed by atoms with E-state index in [4.69, 9.17) is 4.99 Å². The standard InChI is InChI=1S/C32H58N2O2/c1-20(2)28(35)11-8-22(5)25-9-10-26-30-27(13-15-32(25,26)7)31(6)14-12-24(18-23(31)19-29(30)36)34-17-16-33-21(3)4/h20-23,25-30,33,35-36H,8-19H2,1-7H3/t22-,23-,25-,26?,27?,28-,29-,30?,31+,32-/m1/s1. The number of hydrogen-bond donors (Lipinski definition) is 3. The molecule has 4 aliphatic rings. The van der Waals surface area contributed by atoms with Crippen molar-refractivity contribution in [1.29, 1.82) is 0 Å². The van der Waals surface area contributed by atoms with E-state index in [1.165, 1.54) is 37.8 Å². The highest BCUT2D eigenvalue weighted by Crippen LogP contribution is 2.68. The van der Waals surface area contributed by atoms with Gasteiger partial charge in [0.2, 0.25) is 0 Å². The molecule has 4 rings (SSSR count). The first kappa shape index (κ1) is 28.6. The first-order valence-corrected chi connectivity index (χ1v) is 15.6. The molecule has 0 aromatic heterocycles. The predicted octanol–water partition coefficient (Wildman–Crippen LogP) is 6.49. The molecule has 4 heteroatoms. The highest BCUT2D eigenvalue weighted by Gasteiger charge is 2.62. The lowest BCUT2D eigenvalue weighted by Crippen LogP contribution is -2.58. The summed E-state index contributed by atoms with van der Waals surface area (Å²) in [6.07, 6.45) is 11.5. The van der Waals surface area contributed by atoms with Gasteiger partial charge in [-0.1, -0.05) is 48.5 Å². The molecular weight excluding hydrogens is 444 g/mol. The summed E-state index contributed by atoms with van der Waals surface area (Å²) in [6.45, 7) is 18.1. The first-order chi connectivity index (χ1) is 17.0. The number of aliphatic hydroxyl groups excluding tert-OH is 2. The molecule has 0 bridgehead atoms. The maximum absolute atomic E-state index is 11.7. The van der Waals surface area contributed by atoms with E-state index in [-0.39, 0.29) is 12.2 Å². The third kappa shape index (κ3) is 5.48. The van der Waals surface area contributed by atoms with Crippen molar-refractivity contribution in [2.75, 3.05) is 13.1 Å². The third-order valence-corrected chi connectivity index (χ3v) is 12.0. The Morgan fingerprint density at radius 3 is 2.39 bits per heavy atom. The molecule has 36 heavy (non-hydrogen) atoms. The number of hydrogen-bond acceptors (Lipinski definition) is 4. The van der Waals surface area contributed by atoms with Gasteiger partial charge in [0, 0.05) is 18.3 Å². The Hall–Kier alpha value is -0.450. The van der Waals surface area contributed by atoms with E-state index in [2.05, 4.69) is 53.8 Å². The average Bonchev–Trinajstić information content (AvgIpc) is 3.17. The second-order valence-electron chi connectivity index (χ2n) is 14.7. The lowest BCUT2D eigenvalue weighted by Gasteiger charge is -2.62. The van der Waals surface area contributed by atoms with Crippen LogP contribution in [0.3, 0.4) is 0 Å². The quantitative estimate of drug-likeness (QED) is 0.316. The second kappa shape index (κ2) is 11.3. The van der Waals surface area contributed by atoms with Crippen LogP contribution in [0.25, 0.3) is 0 Å². The predicted molar refractivity (Wildman–Crippen MR) is 151 cm³/mol. The van der Waals surface area contributed by atoms with Crippen molar-refractivity contribution >= 4 is 5.71 Å². The van der Waals surface area contributed by atoms with E-state index in [9.17, 15) is 10.2 Å². The van der Waals surface area contributed by atoms with Crippen LogP contribution in [0, 0.1) is 52.3 Å². The molecule has 4 fully saturated rings. The molecule has 4 nitrogen and oxygen atoms in total. The Labute approximate surface area is 222 Å². The van der Waals surface area contributed by atoms with Crippen LogP contribution in [0.5, 0.6) is 0 Å². The van der Waals surface area contributed by atoms with Gasteiger partial charge in [-0.15, -0.1) is 0 Å². The monoisotopic (exact) mass is 502 g/mol. The number of aliphatic hydroxyl groups is 2. The van der Waals surface area contributed by atoms with Crippen molar-refractivity contribution < 1.29 is 10.2 Å². The van der Waals surface area contributed by atoms with E-state index in [1.54, 1.807) is 0 Å². The number of nitrogens with zero attached hydrogens (tertiary/aromatic N) is 1. The minimum Gasteiger partial charge on any atom is -0.393 e. The fraction of sp³-hybridized carbons (Fsp3) is 0.969. The topological polar surface area (TPSA) is 64.9 Å². The maximum Gasteiger partial charge on any atom is 0.0577 e. The molecule has 3 N–H and O–H groups in total. The largest absolute Gasteiger partial charge is 0.393 e. The van der Waals surface area contributed by atoms with E-state index >= 15 is 0 Å². The highest BCUT2D eigenvalue weighted by atomic mass is 16.3. The zero-order valence-electron chi connectivity index (χ0n) is 24.6. The normalized spacial score (nSPS) is 43.4. The van der Waals surface area contributed by atoms with Gasteiger partial charge >= 0.3 is 0 Å². The minimum atomic E-state index is -0.170. The van der Waals surface area contributed by atoms with Crippen molar-refractivity contribution in [3.8, 4) is 0 Å².